The van der Waals surface area contributed by atoms with Gasteiger partial charge in [-0.1, -0.05) is 19.1 Å². The van der Waals surface area contributed by atoms with Gasteiger partial charge >= 0.3 is 6.18 Å². The summed E-state index contributed by atoms with van der Waals surface area (Å²) in [6, 6.07) is 9.94. The van der Waals surface area contributed by atoms with Crippen molar-refractivity contribution < 1.29 is 31.3 Å². The van der Waals surface area contributed by atoms with Gasteiger partial charge in [0.05, 0.1) is 21.8 Å². The molecule has 5 rings (SSSR count). The lowest BCUT2D eigenvalue weighted by Gasteiger charge is -2.47. The number of nitrogens with zero attached hydrogens (tertiary/aromatic N) is 2. The maximum Gasteiger partial charge on any atom is 0.436 e. The van der Waals surface area contributed by atoms with Crippen LogP contribution in [-0.4, -0.2) is 44.9 Å². The molecular formula is C30H33F4N3O3S2. The average Bonchev–Trinajstić information content (AvgIpc) is 3.40. The highest BCUT2D eigenvalue weighted by Crippen LogP contribution is 2.48. The largest absolute Gasteiger partial charge is 0.436 e. The summed E-state index contributed by atoms with van der Waals surface area (Å²) in [7, 11) is -1.02. The summed E-state index contributed by atoms with van der Waals surface area (Å²) in [6.07, 6.45) is -1.80. The number of hydrogen-bond donors (Lipinski definition) is 1. The summed E-state index contributed by atoms with van der Waals surface area (Å²) < 4.78 is 71.6. The molecule has 2 aliphatic rings. The predicted molar refractivity (Wildman–Crippen MR) is 153 cm³/mol. The maximum absolute atomic E-state index is 14.2. The van der Waals surface area contributed by atoms with Gasteiger partial charge in [0.15, 0.2) is 11.5 Å². The topological polar surface area (TPSA) is 71.5 Å². The van der Waals surface area contributed by atoms with Crippen LogP contribution in [0.4, 0.5) is 17.6 Å². The number of amides is 1. The highest BCUT2D eigenvalue weighted by atomic mass is 32.2. The second kappa shape index (κ2) is 12.1. The maximum atomic E-state index is 14.2. The van der Waals surface area contributed by atoms with Gasteiger partial charge in [-0.25, -0.2) is 9.37 Å². The van der Waals surface area contributed by atoms with Crippen LogP contribution >= 0.6 is 11.3 Å². The number of aromatic nitrogens is 1. The van der Waals surface area contributed by atoms with Crippen molar-refractivity contribution in [3.8, 4) is 0 Å². The molecular weight excluding hydrogens is 590 g/mol. The van der Waals surface area contributed by atoms with Crippen molar-refractivity contribution in [2.75, 3.05) is 18.8 Å². The minimum Gasteiger partial charge on any atom is -0.366 e. The summed E-state index contributed by atoms with van der Waals surface area (Å²) in [5.74, 6) is -0.985. The lowest BCUT2D eigenvalue weighted by molar-refractivity contribution is -0.143. The zero-order valence-electron chi connectivity index (χ0n) is 23.6. The fourth-order valence-corrected chi connectivity index (χ4v) is 7.85. The number of carbonyl (C=O) groups excluding carboxylic acids is 1. The predicted octanol–water partition coefficient (Wildman–Crippen LogP) is 6.37. The number of pyridine rings is 1. The highest BCUT2D eigenvalue weighted by Gasteiger charge is 2.45. The Morgan fingerprint density at radius 1 is 1.24 bits per heavy atom. The SMILES string of the molecule is CCS(=O)c1ccc(CNC(=O)c2cc3c(s2)C2(CCN(C(C)c4cnc(C(F)(F)F)c(F)c4)CC2)O[C@@H](C)C3)cc1. The third-order valence-electron chi connectivity index (χ3n) is 8.05. The van der Waals surface area contributed by atoms with Crippen molar-refractivity contribution in [2.24, 2.45) is 0 Å². The van der Waals surface area contributed by atoms with Crippen molar-refractivity contribution >= 4 is 28.0 Å². The minimum atomic E-state index is -4.84. The molecule has 0 radical (unpaired) electrons. The van der Waals surface area contributed by atoms with E-state index in [9.17, 15) is 26.6 Å². The molecule has 12 heteroatoms. The van der Waals surface area contributed by atoms with Crippen LogP contribution in [0.1, 0.15) is 76.6 Å². The third-order valence-corrected chi connectivity index (χ3v) is 10.7. The van der Waals surface area contributed by atoms with Gasteiger partial charge in [0.1, 0.15) is 5.60 Å². The van der Waals surface area contributed by atoms with Crippen molar-refractivity contribution in [3.05, 3.63) is 80.6 Å². The molecule has 1 fully saturated rings. The first kappa shape index (κ1) is 30.8. The number of hydrogen-bond acceptors (Lipinski definition) is 6. The average molecular weight is 624 g/mol. The van der Waals surface area contributed by atoms with Crippen LogP contribution in [0.25, 0.3) is 0 Å². The Hall–Kier alpha value is -2.67. The molecule has 1 spiro atoms. The smallest absolute Gasteiger partial charge is 0.366 e. The van der Waals surface area contributed by atoms with E-state index in [0.29, 0.717) is 55.1 Å². The van der Waals surface area contributed by atoms with Crippen molar-refractivity contribution in [1.29, 1.82) is 0 Å². The Bertz CT molecular complexity index is 1470. The summed E-state index contributed by atoms with van der Waals surface area (Å²) in [6.45, 7) is 7.26. The van der Waals surface area contributed by atoms with E-state index in [2.05, 4.69) is 15.2 Å². The van der Waals surface area contributed by atoms with Gasteiger partial charge in [-0.05, 0) is 74.1 Å². The molecule has 2 aromatic heterocycles. The monoisotopic (exact) mass is 623 g/mol. The molecule has 3 atom stereocenters. The molecule has 3 aromatic rings. The number of thiophene rings is 1. The standard InChI is InChI=1S/C30H33F4N3O3S2/c1-4-42(39)23-7-5-20(6-8-23)16-36-28(38)25-15-21-13-18(2)40-29(27(21)41-25)9-11-37(12-10-29)19(3)22-14-24(31)26(35-17-22)30(32,33)34/h5-8,14-15,17-19H,4,9-13,16H2,1-3H3,(H,36,38)/t18-,19?,42?/m0/s1. The number of benzene rings is 1. The number of likely N-dealkylation sites (tertiary alicyclic amines) is 1. The van der Waals surface area contributed by atoms with E-state index >= 15 is 0 Å². The Morgan fingerprint density at radius 3 is 2.55 bits per heavy atom. The van der Waals surface area contributed by atoms with E-state index in [-0.39, 0.29) is 18.1 Å². The van der Waals surface area contributed by atoms with E-state index in [1.165, 1.54) is 11.3 Å². The number of halogens is 4. The molecule has 0 saturated carbocycles. The Labute approximate surface area is 248 Å². The number of nitrogens with one attached hydrogen (secondary N) is 1. The Kier molecular flexibility index (Phi) is 8.90. The Morgan fingerprint density at radius 2 is 1.93 bits per heavy atom. The van der Waals surface area contributed by atoms with E-state index in [4.69, 9.17) is 4.74 Å². The van der Waals surface area contributed by atoms with Gasteiger partial charge in [0, 0.05) is 47.4 Å². The number of ether oxygens (including phenoxy) is 1. The molecule has 1 N–H and O–H groups in total. The van der Waals surface area contributed by atoms with Crippen LogP contribution in [0, 0.1) is 5.82 Å². The first-order chi connectivity index (χ1) is 19.9. The summed E-state index contributed by atoms with van der Waals surface area (Å²) in [5.41, 5.74) is 0.345. The quantitative estimate of drug-likeness (QED) is 0.310. The van der Waals surface area contributed by atoms with Crippen LogP contribution in [0.3, 0.4) is 0 Å². The van der Waals surface area contributed by atoms with Gasteiger partial charge in [0.25, 0.3) is 5.91 Å². The lowest BCUT2D eigenvalue weighted by atomic mass is 9.83. The number of carbonyl (C=O) groups is 1. The van der Waals surface area contributed by atoms with Crippen LogP contribution < -0.4 is 5.32 Å². The zero-order chi connectivity index (χ0) is 30.2. The molecule has 1 aromatic carbocycles. The molecule has 6 nitrogen and oxygen atoms in total. The molecule has 2 aliphatic heterocycles. The van der Waals surface area contributed by atoms with Gasteiger partial charge in [-0.2, -0.15) is 13.2 Å². The van der Waals surface area contributed by atoms with Crippen LogP contribution in [-0.2, 0) is 40.3 Å². The van der Waals surface area contributed by atoms with Crippen LogP contribution in [0.15, 0.2) is 47.5 Å². The third kappa shape index (κ3) is 6.31. The normalized spacial score (nSPS) is 20.2. The van der Waals surface area contributed by atoms with E-state index in [1.807, 2.05) is 51.1 Å². The molecule has 1 amide bonds. The van der Waals surface area contributed by atoms with Gasteiger partial charge in [0.2, 0.25) is 0 Å². The molecule has 1 saturated heterocycles. The summed E-state index contributed by atoms with van der Waals surface area (Å²) in [4.78, 5) is 21.0. The van der Waals surface area contributed by atoms with Crippen molar-refractivity contribution in [1.82, 2.24) is 15.2 Å². The van der Waals surface area contributed by atoms with Gasteiger partial charge in [-0.15, -0.1) is 11.3 Å². The summed E-state index contributed by atoms with van der Waals surface area (Å²) in [5, 5.41) is 2.99. The second-order valence-corrected chi connectivity index (χ2v) is 13.7. The molecule has 226 valence electrons. The van der Waals surface area contributed by atoms with E-state index in [1.54, 1.807) is 0 Å². The lowest BCUT2D eigenvalue weighted by Crippen LogP contribution is -2.48. The molecule has 2 unspecified atom stereocenters. The number of alkyl halides is 3. The Balaban J connectivity index is 1.26. The highest BCUT2D eigenvalue weighted by molar-refractivity contribution is 7.85. The molecule has 0 aliphatic carbocycles. The van der Waals surface area contributed by atoms with Gasteiger partial charge < -0.3 is 10.1 Å². The molecule has 4 heterocycles. The van der Waals surface area contributed by atoms with E-state index in [0.717, 1.165) is 33.2 Å². The van der Waals surface area contributed by atoms with Crippen LogP contribution in [0.5, 0.6) is 0 Å². The first-order valence-electron chi connectivity index (χ1n) is 13.9. The minimum absolute atomic E-state index is 0.0348. The second-order valence-electron chi connectivity index (χ2n) is 10.9. The number of fused-ring (bicyclic) bond motifs is 2. The molecule has 42 heavy (non-hydrogen) atoms. The fraction of sp³-hybridized carbons (Fsp3) is 0.467. The van der Waals surface area contributed by atoms with Crippen LogP contribution in [0.2, 0.25) is 0 Å². The van der Waals surface area contributed by atoms with Gasteiger partial charge in [-0.3, -0.25) is 13.9 Å². The number of piperidine rings is 1. The van der Waals surface area contributed by atoms with E-state index < -0.39 is 34.1 Å². The summed E-state index contributed by atoms with van der Waals surface area (Å²) >= 11 is 1.45. The molecule has 0 bridgehead atoms. The fourth-order valence-electron chi connectivity index (χ4n) is 5.78. The number of rotatable bonds is 7. The van der Waals surface area contributed by atoms with Crippen molar-refractivity contribution in [3.63, 3.8) is 0 Å². The first-order valence-corrected chi connectivity index (χ1v) is 16.1. The van der Waals surface area contributed by atoms with Crippen molar-refractivity contribution in [2.45, 2.75) is 75.4 Å². The zero-order valence-corrected chi connectivity index (χ0v) is 25.2.